The molecule has 0 unspecified atom stereocenters. The zero-order chi connectivity index (χ0) is 18.7. The fourth-order valence-electron chi connectivity index (χ4n) is 2.09. The van der Waals surface area contributed by atoms with Crippen LogP contribution in [0.4, 0.5) is 5.69 Å². The van der Waals surface area contributed by atoms with Crippen LogP contribution in [-0.4, -0.2) is 31.5 Å². The molecule has 0 saturated carbocycles. The van der Waals surface area contributed by atoms with Gasteiger partial charge in [0.2, 0.25) is 0 Å². The van der Waals surface area contributed by atoms with E-state index < -0.39 is 4.92 Å². The predicted molar refractivity (Wildman–Crippen MR) is 104 cm³/mol. The molecule has 1 aliphatic rings. The summed E-state index contributed by atoms with van der Waals surface area (Å²) in [5, 5.41) is 25.2. The number of hydrazone groups is 1. The Balaban J connectivity index is 1.77. The molecule has 26 heavy (non-hydrogen) atoms. The minimum absolute atomic E-state index is 0.0202. The van der Waals surface area contributed by atoms with Crippen LogP contribution in [0.15, 0.2) is 58.5 Å². The highest BCUT2D eigenvalue weighted by Gasteiger charge is 2.32. The second-order valence-electron chi connectivity index (χ2n) is 5.18. The fourth-order valence-corrected chi connectivity index (χ4v) is 3.26. The summed E-state index contributed by atoms with van der Waals surface area (Å²) in [6, 6.07) is 12.2. The van der Waals surface area contributed by atoms with E-state index in [-0.39, 0.29) is 21.7 Å². The number of hydrogen-bond donors (Lipinski definition) is 1. The number of amides is 1. The minimum atomic E-state index is -0.485. The van der Waals surface area contributed by atoms with E-state index in [9.17, 15) is 20.0 Å². The average molecular weight is 385 g/mol. The van der Waals surface area contributed by atoms with Gasteiger partial charge in [-0.05, 0) is 65.8 Å². The third kappa shape index (κ3) is 3.95. The average Bonchev–Trinajstić information content (AvgIpc) is 2.88. The molecule has 2 aromatic carbocycles. The second-order valence-corrected chi connectivity index (χ2v) is 6.85. The van der Waals surface area contributed by atoms with Gasteiger partial charge in [0.15, 0.2) is 4.32 Å². The normalized spacial score (nSPS) is 16.0. The summed E-state index contributed by atoms with van der Waals surface area (Å²) in [6.45, 7) is 0. The lowest BCUT2D eigenvalue weighted by Gasteiger charge is -2.06. The monoisotopic (exact) mass is 385 g/mol. The first-order valence-corrected chi connectivity index (χ1v) is 8.52. The quantitative estimate of drug-likeness (QED) is 0.284. The Bertz CT molecular complexity index is 937. The van der Waals surface area contributed by atoms with Crippen LogP contribution in [0.25, 0.3) is 6.08 Å². The number of nitrogens with zero attached hydrogens (tertiary/aromatic N) is 3. The van der Waals surface area contributed by atoms with Crippen LogP contribution in [0, 0.1) is 10.1 Å². The maximum atomic E-state index is 12.5. The van der Waals surface area contributed by atoms with E-state index in [1.807, 2.05) is 0 Å². The molecular weight excluding hydrogens is 374 g/mol. The highest BCUT2D eigenvalue weighted by atomic mass is 32.2. The van der Waals surface area contributed by atoms with Crippen LogP contribution < -0.4 is 0 Å². The molecule has 0 atom stereocenters. The molecular formula is C17H11N3O4S2. The SMILES string of the molecule is O=C1/C(=C\c2ccc([N+](=O)[O-])cc2)SC(=S)N1/N=C/c1ccc(O)cc1. The van der Waals surface area contributed by atoms with Gasteiger partial charge in [-0.3, -0.25) is 14.9 Å². The zero-order valence-electron chi connectivity index (χ0n) is 13.1. The number of carbonyl (C=O) groups excluding carboxylic acids is 1. The van der Waals surface area contributed by atoms with Crippen molar-refractivity contribution in [3.05, 3.63) is 74.7 Å². The van der Waals surface area contributed by atoms with Crippen molar-refractivity contribution in [1.29, 1.82) is 0 Å². The van der Waals surface area contributed by atoms with Crippen LogP contribution in [0.3, 0.4) is 0 Å². The Morgan fingerprint density at radius 2 is 1.73 bits per heavy atom. The molecule has 1 saturated heterocycles. The first-order chi connectivity index (χ1) is 12.4. The van der Waals surface area contributed by atoms with Crippen LogP contribution in [0.5, 0.6) is 5.75 Å². The summed E-state index contributed by atoms with van der Waals surface area (Å²) in [4.78, 5) is 23.0. The lowest BCUT2D eigenvalue weighted by atomic mass is 10.2. The van der Waals surface area contributed by atoms with Gasteiger partial charge in [0, 0.05) is 12.1 Å². The van der Waals surface area contributed by atoms with Gasteiger partial charge in [0.1, 0.15) is 5.75 Å². The molecule has 1 heterocycles. The van der Waals surface area contributed by atoms with Crippen molar-refractivity contribution in [2.24, 2.45) is 5.10 Å². The number of rotatable bonds is 4. The van der Waals surface area contributed by atoms with E-state index in [0.29, 0.717) is 16.0 Å². The van der Waals surface area contributed by atoms with Gasteiger partial charge in [-0.2, -0.15) is 10.1 Å². The highest BCUT2D eigenvalue weighted by molar-refractivity contribution is 8.26. The maximum absolute atomic E-state index is 12.5. The molecule has 1 amide bonds. The number of nitro groups is 1. The Hall–Kier alpha value is -3.04. The summed E-state index contributed by atoms with van der Waals surface area (Å²) in [5.41, 5.74) is 1.34. The second kappa shape index (κ2) is 7.46. The molecule has 0 bridgehead atoms. The van der Waals surface area contributed by atoms with E-state index >= 15 is 0 Å². The lowest BCUT2D eigenvalue weighted by molar-refractivity contribution is -0.384. The molecule has 1 fully saturated rings. The number of non-ortho nitro benzene ring substituents is 1. The van der Waals surface area contributed by atoms with Crippen molar-refractivity contribution in [3.63, 3.8) is 0 Å². The smallest absolute Gasteiger partial charge is 0.286 e. The van der Waals surface area contributed by atoms with Crippen LogP contribution in [0.1, 0.15) is 11.1 Å². The molecule has 130 valence electrons. The molecule has 0 aromatic heterocycles. The van der Waals surface area contributed by atoms with Gasteiger partial charge in [0.25, 0.3) is 11.6 Å². The van der Waals surface area contributed by atoms with Gasteiger partial charge in [-0.15, -0.1) is 0 Å². The van der Waals surface area contributed by atoms with Crippen molar-refractivity contribution in [2.45, 2.75) is 0 Å². The van der Waals surface area contributed by atoms with E-state index in [1.54, 1.807) is 30.3 Å². The maximum Gasteiger partial charge on any atom is 0.286 e. The van der Waals surface area contributed by atoms with Crippen LogP contribution in [0.2, 0.25) is 0 Å². The van der Waals surface area contributed by atoms with Crippen LogP contribution >= 0.6 is 24.0 Å². The molecule has 0 spiro atoms. The summed E-state index contributed by atoms with van der Waals surface area (Å²) in [5.74, 6) is -0.229. The number of aromatic hydroxyl groups is 1. The fraction of sp³-hybridized carbons (Fsp3) is 0. The summed E-state index contributed by atoms with van der Waals surface area (Å²) in [6.07, 6.45) is 3.08. The van der Waals surface area contributed by atoms with E-state index in [2.05, 4.69) is 5.10 Å². The summed E-state index contributed by atoms with van der Waals surface area (Å²) >= 11 is 6.29. The number of nitro benzene ring substituents is 1. The molecule has 3 rings (SSSR count). The summed E-state index contributed by atoms with van der Waals surface area (Å²) in [7, 11) is 0. The van der Waals surface area contributed by atoms with Gasteiger partial charge in [-0.25, -0.2) is 0 Å². The summed E-state index contributed by atoms with van der Waals surface area (Å²) < 4.78 is 0.290. The van der Waals surface area contributed by atoms with Gasteiger partial charge in [-0.1, -0.05) is 11.8 Å². The van der Waals surface area contributed by atoms with Crippen molar-refractivity contribution >= 4 is 52.2 Å². The van der Waals surface area contributed by atoms with Crippen molar-refractivity contribution < 1.29 is 14.8 Å². The number of benzene rings is 2. The van der Waals surface area contributed by atoms with Crippen molar-refractivity contribution in [2.75, 3.05) is 0 Å². The van der Waals surface area contributed by atoms with Gasteiger partial charge >= 0.3 is 0 Å². The Morgan fingerprint density at radius 3 is 2.35 bits per heavy atom. The number of phenols is 1. The number of thioether (sulfide) groups is 1. The van der Waals surface area contributed by atoms with Gasteiger partial charge < -0.3 is 5.11 Å². The van der Waals surface area contributed by atoms with Crippen molar-refractivity contribution in [1.82, 2.24) is 5.01 Å². The van der Waals surface area contributed by atoms with E-state index in [1.165, 1.54) is 30.5 Å². The topological polar surface area (TPSA) is 96.0 Å². The molecule has 7 nitrogen and oxygen atoms in total. The standard InChI is InChI=1S/C17H11N3O4S2/c21-14-7-3-12(4-8-14)10-18-19-16(22)15(26-17(19)25)9-11-1-5-13(6-2-11)20(23)24/h1-10,21H/b15-9+,18-10+. The van der Waals surface area contributed by atoms with Crippen LogP contribution in [-0.2, 0) is 4.79 Å². The molecule has 9 heteroatoms. The number of hydrogen-bond acceptors (Lipinski definition) is 7. The number of carbonyl (C=O) groups is 1. The molecule has 1 N–H and O–H groups in total. The largest absolute Gasteiger partial charge is 0.508 e. The minimum Gasteiger partial charge on any atom is -0.508 e. The van der Waals surface area contributed by atoms with E-state index in [4.69, 9.17) is 12.2 Å². The number of phenolic OH excluding ortho intramolecular Hbond substituents is 1. The first kappa shape index (κ1) is 17.8. The predicted octanol–water partition coefficient (Wildman–Crippen LogP) is 3.54. The number of thiocarbonyl (C=S) groups is 1. The Labute approximate surface area is 157 Å². The Morgan fingerprint density at radius 1 is 1.12 bits per heavy atom. The van der Waals surface area contributed by atoms with E-state index in [0.717, 1.165) is 16.8 Å². The Kier molecular flexibility index (Phi) is 5.10. The molecule has 1 aliphatic heterocycles. The molecule has 0 aliphatic carbocycles. The van der Waals surface area contributed by atoms with Gasteiger partial charge in [0.05, 0.1) is 16.0 Å². The lowest BCUT2D eigenvalue weighted by Crippen LogP contribution is -2.22. The highest BCUT2D eigenvalue weighted by Crippen LogP contribution is 2.33. The molecule has 2 aromatic rings. The third-order valence-corrected chi connectivity index (χ3v) is 4.67. The molecule has 0 radical (unpaired) electrons. The third-order valence-electron chi connectivity index (χ3n) is 3.39. The zero-order valence-corrected chi connectivity index (χ0v) is 14.7. The first-order valence-electron chi connectivity index (χ1n) is 7.29. The van der Waals surface area contributed by atoms with Crippen molar-refractivity contribution in [3.8, 4) is 5.75 Å².